The summed E-state index contributed by atoms with van der Waals surface area (Å²) in [6.07, 6.45) is -1.69. The van der Waals surface area contributed by atoms with Crippen molar-refractivity contribution in [2.75, 3.05) is 13.7 Å². The van der Waals surface area contributed by atoms with Gasteiger partial charge in [-0.2, -0.15) is 13.2 Å². The highest BCUT2D eigenvalue weighted by Gasteiger charge is 2.38. The summed E-state index contributed by atoms with van der Waals surface area (Å²) in [4.78, 5) is 36.5. The normalized spacial score (nSPS) is 16.0. The Morgan fingerprint density at radius 1 is 1.00 bits per heavy atom. The number of methoxy groups -OCH3 is 1. The van der Waals surface area contributed by atoms with E-state index in [4.69, 9.17) is 9.47 Å². The summed E-state index contributed by atoms with van der Waals surface area (Å²) in [5, 5.41) is 14.3. The van der Waals surface area contributed by atoms with Crippen LogP contribution in [0.25, 0.3) is 0 Å². The molecule has 0 bridgehead atoms. The number of carbonyl (C=O) groups is 2. The molecule has 1 aromatic carbocycles. The van der Waals surface area contributed by atoms with Gasteiger partial charge in [0.2, 0.25) is 0 Å². The number of nitro groups is 1. The molecule has 1 aliphatic rings. The van der Waals surface area contributed by atoms with Gasteiger partial charge >= 0.3 is 18.1 Å². The highest BCUT2D eigenvalue weighted by molar-refractivity contribution is 5.99. The molecule has 198 valence electrons. The van der Waals surface area contributed by atoms with Gasteiger partial charge in [0.25, 0.3) is 5.69 Å². The maximum absolute atomic E-state index is 13.1. The number of nitrogens with one attached hydrogen (secondary N) is 1. The summed E-state index contributed by atoms with van der Waals surface area (Å²) in [6.45, 7) is 3.40. The minimum Gasteiger partial charge on any atom is -0.466 e. The van der Waals surface area contributed by atoms with Gasteiger partial charge in [-0.3, -0.25) is 10.1 Å². The predicted molar refractivity (Wildman–Crippen MR) is 126 cm³/mol. The summed E-state index contributed by atoms with van der Waals surface area (Å²) >= 11 is 0. The Hall–Kier alpha value is -3.37. The molecule has 0 aliphatic carbocycles. The van der Waals surface area contributed by atoms with E-state index >= 15 is 0 Å². The van der Waals surface area contributed by atoms with Crippen molar-refractivity contribution in [2.24, 2.45) is 0 Å². The van der Waals surface area contributed by atoms with Crippen molar-refractivity contribution in [3.8, 4) is 0 Å². The largest absolute Gasteiger partial charge is 0.466 e. The van der Waals surface area contributed by atoms with E-state index in [0.717, 1.165) is 6.42 Å². The van der Waals surface area contributed by atoms with E-state index in [1.54, 1.807) is 19.9 Å². The van der Waals surface area contributed by atoms with Crippen LogP contribution in [0, 0.1) is 10.1 Å². The van der Waals surface area contributed by atoms with E-state index in [0.29, 0.717) is 42.6 Å². The number of unbranched alkanes of at least 4 members (excludes halogenated alkanes) is 5. The lowest BCUT2D eigenvalue weighted by molar-refractivity contribution is -0.384. The van der Waals surface area contributed by atoms with Crippen LogP contribution >= 0.6 is 0 Å². The first-order valence-electron chi connectivity index (χ1n) is 11.7. The van der Waals surface area contributed by atoms with Crippen molar-refractivity contribution in [3.63, 3.8) is 0 Å². The van der Waals surface area contributed by atoms with Crippen LogP contribution in [-0.4, -0.2) is 36.8 Å². The van der Waals surface area contributed by atoms with Crippen molar-refractivity contribution >= 4 is 17.6 Å². The van der Waals surface area contributed by atoms with Gasteiger partial charge in [-0.15, -0.1) is 0 Å². The molecule has 0 aromatic heterocycles. The van der Waals surface area contributed by atoms with Crippen molar-refractivity contribution < 1.29 is 37.2 Å². The van der Waals surface area contributed by atoms with Crippen LogP contribution in [-0.2, 0) is 19.1 Å². The van der Waals surface area contributed by atoms with E-state index in [2.05, 4.69) is 5.32 Å². The van der Waals surface area contributed by atoms with Crippen LogP contribution in [0.15, 0.2) is 46.8 Å². The second-order valence-electron chi connectivity index (χ2n) is 8.60. The lowest BCUT2D eigenvalue weighted by Gasteiger charge is -2.30. The maximum Gasteiger partial charge on any atom is 0.389 e. The van der Waals surface area contributed by atoms with E-state index in [1.165, 1.54) is 25.3 Å². The highest BCUT2D eigenvalue weighted by Crippen LogP contribution is 2.40. The number of allylic oxidation sites excluding steroid dienone is 2. The Morgan fingerprint density at radius 2 is 1.58 bits per heavy atom. The molecule has 36 heavy (non-hydrogen) atoms. The van der Waals surface area contributed by atoms with E-state index in [1.807, 2.05) is 0 Å². The SMILES string of the molecule is COC(=O)C1=C(C)NC(C)=C(C(=O)OCCCCCCCCC(F)(F)F)C1c1cccc([N+](=O)[O-])c1. The van der Waals surface area contributed by atoms with Crippen molar-refractivity contribution in [2.45, 2.75) is 70.9 Å². The van der Waals surface area contributed by atoms with Crippen LogP contribution in [0.2, 0.25) is 0 Å². The molecular weight excluding hydrogens is 481 g/mol. The van der Waals surface area contributed by atoms with Crippen molar-refractivity contribution in [1.82, 2.24) is 5.32 Å². The van der Waals surface area contributed by atoms with E-state index in [-0.39, 0.29) is 29.9 Å². The van der Waals surface area contributed by atoms with Crippen LogP contribution in [0.1, 0.15) is 70.3 Å². The number of halogens is 3. The number of nitro benzene ring substituents is 1. The number of carbonyl (C=O) groups excluding carboxylic acids is 2. The van der Waals surface area contributed by atoms with Crippen LogP contribution in [0.4, 0.5) is 18.9 Å². The predicted octanol–water partition coefficient (Wildman–Crippen LogP) is 5.84. The summed E-state index contributed by atoms with van der Waals surface area (Å²) < 4.78 is 46.9. The van der Waals surface area contributed by atoms with Gasteiger partial charge in [-0.05, 0) is 32.3 Å². The van der Waals surface area contributed by atoms with E-state index in [9.17, 15) is 32.9 Å². The molecule has 1 aliphatic heterocycles. The molecule has 0 radical (unpaired) electrons. The molecule has 1 aromatic rings. The molecule has 0 saturated carbocycles. The minimum absolute atomic E-state index is 0.0933. The average molecular weight is 513 g/mol. The number of benzene rings is 1. The number of rotatable bonds is 12. The molecule has 0 spiro atoms. The van der Waals surface area contributed by atoms with Gasteiger partial charge in [-0.1, -0.05) is 37.8 Å². The average Bonchev–Trinajstić information content (AvgIpc) is 2.81. The zero-order valence-corrected chi connectivity index (χ0v) is 20.6. The number of hydrogen-bond acceptors (Lipinski definition) is 7. The second-order valence-corrected chi connectivity index (χ2v) is 8.60. The monoisotopic (exact) mass is 512 g/mol. The topological polar surface area (TPSA) is 108 Å². The third kappa shape index (κ3) is 8.10. The molecule has 0 amide bonds. The zero-order chi connectivity index (χ0) is 26.9. The molecule has 8 nitrogen and oxygen atoms in total. The molecule has 1 atom stereocenters. The number of hydrogen-bond donors (Lipinski definition) is 1. The maximum atomic E-state index is 13.1. The smallest absolute Gasteiger partial charge is 0.389 e. The van der Waals surface area contributed by atoms with E-state index < -0.39 is 35.4 Å². The quantitative estimate of drug-likeness (QED) is 0.162. The third-order valence-electron chi connectivity index (χ3n) is 5.89. The second kappa shape index (κ2) is 13.1. The lowest BCUT2D eigenvalue weighted by Crippen LogP contribution is -2.32. The number of esters is 2. The van der Waals surface area contributed by atoms with Crippen LogP contribution in [0.3, 0.4) is 0 Å². The summed E-state index contributed by atoms with van der Waals surface area (Å²) in [7, 11) is 1.21. The van der Waals surface area contributed by atoms with Crippen molar-refractivity contribution in [3.05, 3.63) is 62.5 Å². The fraction of sp³-hybridized carbons (Fsp3) is 0.520. The summed E-state index contributed by atoms with van der Waals surface area (Å²) in [5.74, 6) is -2.28. The first kappa shape index (κ1) is 28.9. The molecule has 1 N–H and O–H groups in total. The Kier molecular flexibility index (Phi) is 10.5. The number of non-ortho nitro benzene ring substituents is 1. The number of dihydropyridines is 1. The molecule has 1 heterocycles. The molecule has 11 heteroatoms. The van der Waals surface area contributed by atoms with Crippen LogP contribution in [0.5, 0.6) is 0 Å². The van der Waals surface area contributed by atoms with Gasteiger partial charge in [0.1, 0.15) is 0 Å². The number of ether oxygens (including phenoxy) is 2. The fourth-order valence-corrected chi connectivity index (χ4v) is 4.17. The highest BCUT2D eigenvalue weighted by atomic mass is 19.4. The summed E-state index contributed by atoms with van der Waals surface area (Å²) in [5.41, 5.74) is 1.39. The standard InChI is InChI=1S/C25H31F3N2O6/c1-16-20(23(31)35-3)22(18-11-10-12-19(15-18)30(33)34)21(17(2)29-16)24(32)36-14-9-7-5-4-6-8-13-25(26,27)28/h10-12,15,22,29H,4-9,13-14H2,1-3H3. The molecule has 0 saturated heterocycles. The molecule has 1 unspecified atom stereocenters. The number of nitrogens with zero attached hydrogens (tertiary/aromatic N) is 1. The Balaban J connectivity index is 2.09. The minimum atomic E-state index is -4.13. The van der Waals surface area contributed by atoms with Gasteiger partial charge < -0.3 is 14.8 Å². The molecule has 2 rings (SSSR count). The van der Waals surface area contributed by atoms with Crippen molar-refractivity contribution in [1.29, 1.82) is 0 Å². The Labute approximate surface area is 207 Å². The number of alkyl halides is 3. The zero-order valence-electron chi connectivity index (χ0n) is 20.6. The Bertz CT molecular complexity index is 1030. The Morgan fingerprint density at radius 3 is 2.17 bits per heavy atom. The lowest BCUT2D eigenvalue weighted by atomic mass is 9.80. The first-order valence-corrected chi connectivity index (χ1v) is 11.7. The van der Waals surface area contributed by atoms with Gasteiger partial charge in [-0.25, -0.2) is 9.59 Å². The molecule has 0 fully saturated rings. The first-order chi connectivity index (χ1) is 17.0. The van der Waals surface area contributed by atoms with Gasteiger partial charge in [0.15, 0.2) is 0 Å². The van der Waals surface area contributed by atoms with Gasteiger partial charge in [0.05, 0.1) is 35.7 Å². The third-order valence-corrected chi connectivity index (χ3v) is 5.89. The molecular formula is C25H31F3N2O6. The summed E-state index contributed by atoms with van der Waals surface area (Å²) in [6, 6.07) is 5.70. The van der Waals surface area contributed by atoms with Gasteiger partial charge in [0, 0.05) is 29.9 Å². The fourth-order valence-electron chi connectivity index (χ4n) is 4.17. The van der Waals surface area contributed by atoms with Crippen LogP contribution < -0.4 is 5.32 Å².